The van der Waals surface area contributed by atoms with Crippen LogP contribution in [-0.2, 0) is 30.8 Å². The van der Waals surface area contributed by atoms with E-state index in [1.54, 1.807) is 12.1 Å². The SMILES string of the molecule is O=C(O)CCc1ccc(COc2cccc3c2N(Cc2ccccc2)CCC3)cc1F. The lowest BCUT2D eigenvalue weighted by atomic mass is 10.00. The number of hydrogen-bond donors (Lipinski definition) is 1. The van der Waals surface area contributed by atoms with Crippen molar-refractivity contribution < 1.29 is 19.0 Å². The van der Waals surface area contributed by atoms with Crippen molar-refractivity contribution >= 4 is 11.7 Å². The molecular formula is C26H26FNO3. The standard InChI is InChI=1S/C26H26FNO3/c27-23-16-20(11-12-21(23)13-14-25(29)30)18-31-24-10-4-8-22-9-5-15-28(26(22)24)17-19-6-2-1-3-7-19/h1-4,6-8,10-12,16H,5,9,13-15,17-18H2,(H,29,30). The number of carboxylic acids is 1. The maximum Gasteiger partial charge on any atom is 0.303 e. The van der Waals surface area contributed by atoms with Crippen molar-refractivity contribution in [1.82, 2.24) is 0 Å². The molecule has 0 fully saturated rings. The normalized spacial score (nSPS) is 13.0. The van der Waals surface area contributed by atoms with E-state index in [0.29, 0.717) is 5.56 Å². The Morgan fingerprint density at radius 2 is 1.87 bits per heavy atom. The van der Waals surface area contributed by atoms with Gasteiger partial charge in [-0.25, -0.2) is 4.39 Å². The largest absolute Gasteiger partial charge is 0.487 e. The summed E-state index contributed by atoms with van der Waals surface area (Å²) in [5, 5.41) is 8.80. The number of benzene rings is 3. The molecule has 1 N–H and O–H groups in total. The molecule has 4 nitrogen and oxygen atoms in total. The number of fused-ring (bicyclic) bond motifs is 1. The molecule has 0 spiro atoms. The van der Waals surface area contributed by atoms with Crippen LogP contribution in [0.3, 0.4) is 0 Å². The highest BCUT2D eigenvalue weighted by atomic mass is 19.1. The maximum absolute atomic E-state index is 14.3. The Balaban J connectivity index is 1.49. The molecular weight excluding hydrogens is 393 g/mol. The Kier molecular flexibility index (Phi) is 6.51. The predicted octanol–water partition coefficient (Wildman–Crippen LogP) is 5.37. The summed E-state index contributed by atoms with van der Waals surface area (Å²) in [6.45, 7) is 2.04. The first-order valence-corrected chi connectivity index (χ1v) is 10.6. The number of carboxylic acid groups (broad SMARTS) is 1. The number of rotatable bonds is 8. The van der Waals surface area contributed by atoms with E-state index in [1.165, 1.54) is 17.2 Å². The van der Waals surface area contributed by atoms with Crippen molar-refractivity contribution in [1.29, 1.82) is 0 Å². The summed E-state index contributed by atoms with van der Waals surface area (Å²) in [5.74, 6) is -0.507. The van der Waals surface area contributed by atoms with Crippen molar-refractivity contribution in [2.45, 2.75) is 38.8 Å². The fourth-order valence-electron chi connectivity index (χ4n) is 4.07. The molecule has 0 bridgehead atoms. The number of aryl methyl sites for hydroxylation is 2. The zero-order valence-electron chi connectivity index (χ0n) is 17.4. The number of halogens is 1. The molecule has 5 heteroatoms. The molecule has 0 saturated heterocycles. The van der Waals surface area contributed by atoms with Gasteiger partial charge in [-0.05, 0) is 53.6 Å². The molecule has 0 saturated carbocycles. The zero-order chi connectivity index (χ0) is 21.6. The van der Waals surface area contributed by atoms with E-state index in [9.17, 15) is 9.18 Å². The Bertz CT molecular complexity index is 1050. The van der Waals surface area contributed by atoms with Gasteiger partial charge < -0.3 is 14.7 Å². The fourth-order valence-corrected chi connectivity index (χ4v) is 4.07. The van der Waals surface area contributed by atoms with Crippen LogP contribution in [0.5, 0.6) is 5.75 Å². The lowest BCUT2D eigenvalue weighted by Crippen LogP contribution is -2.29. The van der Waals surface area contributed by atoms with Crippen LogP contribution in [0.4, 0.5) is 10.1 Å². The number of anilines is 1. The third-order valence-corrected chi connectivity index (χ3v) is 5.61. The van der Waals surface area contributed by atoms with Gasteiger partial charge in [-0.15, -0.1) is 0 Å². The van der Waals surface area contributed by atoms with Crippen molar-refractivity contribution in [3.63, 3.8) is 0 Å². The number of hydrogen-bond acceptors (Lipinski definition) is 3. The van der Waals surface area contributed by atoms with E-state index in [4.69, 9.17) is 9.84 Å². The quantitative estimate of drug-likeness (QED) is 0.533. The Labute approximate surface area is 181 Å². The minimum atomic E-state index is -0.930. The number of carbonyl (C=O) groups is 1. The number of para-hydroxylation sites is 1. The highest BCUT2D eigenvalue weighted by Gasteiger charge is 2.21. The summed E-state index contributed by atoms with van der Waals surface area (Å²) in [4.78, 5) is 13.1. The van der Waals surface area contributed by atoms with Crippen LogP contribution in [0.25, 0.3) is 0 Å². The highest BCUT2D eigenvalue weighted by molar-refractivity contribution is 5.67. The Morgan fingerprint density at radius 1 is 1.03 bits per heavy atom. The Hall–Kier alpha value is -3.34. The van der Waals surface area contributed by atoms with Crippen LogP contribution < -0.4 is 9.64 Å². The van der Waals surface area contributed by atoms with E-state index < -0.39 is 5.97 Å². The summed E-state index contributed by atoms with van der Waals surface area (Å²) >= 11 is 0. The van der Waals surface area contributed by atoms with E-state index in [0.717, 1.165) is 42.9 Å². The van der Waals surface area contributed by atoms with Crippen molar-refractivity contribution in [3.8, 4) is 5.75 Å². The van der Waals surface area contributed by atoms with Crippen molar-refractivity contribution in [2.24, 2.45) is 0 Å². The number of ether oxygens (including phenoxy) is 1. The monoisotopic (exact) mass is 419 g/mol. The average molecular weight is 419 g/mol. The lowest BCUT2D eigenvalue weighted by molar-refractivity contribution is -0.136. The first-order valence-electron chi connectivity index (χ1n) is 10.6. The van der Waals surface area contributed by atoms with Gasteiger partial charge in [-0.1, -0.05) is 54.6 Å². The van der Waals surface area contributed by atoms with Crippen LogP contribution in [0, 0.1) is 5.82 Å². The summed E-state index contributed by atoms with van der Waals surface area (Å²) < 4.78 is 20.5. The zero-order valence-corrected chi connectivity index (χ0v) is 17.4. The summed E-state index contributed by atoms with van der Waals surface area (Å²) in [6.07, 6.45) is 2.22. The minimum Gasteiger partial charge on any atom is -0.487 e. The van der Waals surface area contributed by atoms with E-state index in [1.807, 2.05) is 18.2 Å². The van der Waals surface area contributed by atoms with Gasteiger partial charge in [0.25, 0.3) is 0 Å². The minimum absolute atomic E-state index is 0.0832. The van der Waals surface area contributed by atoms with E-state index in [2.05, 4.69) is 35.2 Å². The second-order valence-corrected chi connectivity index (χ2v) is 7.88. The lowest BCUT2D eigenvalue weighted by Gasteiger charge is -2.33. The predicted molar refractivity (Wildman–Crippen MR) is 119 cm³/mol. The highest BCUT2D eigenvalue weighted by Crippen LogP contribution is 2.37. The van der Waals surface area contributed by atoms with Gasteiger partial charge in [0.2, 0.25) is 0 Å². The Morgan fingerprint density at radius 3 is 2.65 bits per heavy atom. The summed E-state index contributed by atoms with van der Waals surface area (Å²) in [5.41, 5.74) is 4.78. The fraction of sp³-hybridized carbons (Fsp3) is 0.269. The molecule has 1 heterocycles. The number of nitrogens with zero attached hydrogens (tertiary/aromatic N) is 1. The number of aliphatic carboxylic acids is 1. The summed E-state index contributed by atoms with van der Waals surface area (Å²) in [6, 6.07) is 21.4. The molecule has 0 atom stereocenters. The molecule has 4 rings (SSSR count). The van der Waals surface area contributed by atoms with E-state index in [-0.39, 0.29) is 25.3 Å². The first kappa shape index (κ1) is 20.9. The van der Waals surface area contributed by atoms with Crippen LogP contribution in [-0.4, -0.2) is 17.6 Å². The van der Waals surface area contributed by atoms with Gasteiger partial charge in [-0.3, -0.25) is 4.79 Å². The van der Waals surface area contributed by atoms with Gasteiger partial charge in [0.15, 0.2) is 0 Å². The van der Waals surface area contributed by atoms with Crippen LogP contribution in [0.1, 0.15) is 35.1 Å². The second kappa shape index (κ2) is 9.65. The third kappa shape index (κ3) is 5.23. The molecule has 0 radical (unpaired) electrons. The van der Waals surface area contributed by atoms with Gasteiger partial charge in [0, 0.05) is 19.5 Å². The smallest absolute Gasteiger partial charge is 0.303 e. The molecule has 1 aliphatic rings. The molecule has 0 aliphatic carbocycles. The molecule has 0 unspecified atom stereocenters. The topological polar surface area (TPSA) is 49.8 Å². The van der Waals surface area contributed by atoms with Crippen LogP contribution in [0.15, 0.2) is 66.7 Å². The van der Waals surface area contributed by atoms with Gasteiger partial charge in [0.05, 0.1) is 5.69 Å². The first-order chi connectivity index (χ1) is 15.1. The molecule has 31 heavy (non-hydrogen) atoms. The second-order valence-electron chi connectivity index (χ2n) is 7.88. The molecule has 3 aromatic carbocycles. The van der Waals surface area contributed by atoms with Crippen LogP contribution in [0.2, 0.25) is 0 Å². The van der Waals surface area contributed by atoms with Gasteiger partial charge in [-0.2, -0.15) is 0 Å². The van der Waals surface area contributed by atoms with Crippen LogP contribution >= 0.6 is 0 Å². The molecule has 0 amide bonds. The molecule has 1 aliphatic heterocycles. The molecule has 3 aromatic rings. The van der Waals surface area contributed by atoms with Gasteiger partial charge >= 0.3 is 5.97 Å². The third-order valence-electron chi connectivity index (χ3n) is 5.61. The van der Waals surface area contributed by atoms with E-state index >= 15 is 0 Å². The maximum atomic E-state index is 14.3. The molecule has 160 valence electrons. The average Bonchev–Trinajstić information content (AvgIpc) is 2.77. The summed E-state index contributed by atoms with van der Waals surface area (Å²) in [7, 11) is 0. The van der Waals surface area contributed by atoms with Crippen molar-refractivity contribution in [3.05, 3.63) is 94.8 Å². The molecule has 0 aromatic heterocycles. The van der Waals surface area contributed by atoms with Crippen molar-refractivity contribution in [2.75, 3.05) is 11.4 Å². The van der Waals surface area contributed by atoms with Gasteiger partial charge in [0.1, 0.15) is 18.2 Å².